The first-order valence-electron chi connectivity index (χ1n) is 5.47. The van der Waals surface area contributed by atoms with Crippen LogP contribution in [0, 0.1) is 15.9 Å². The van der Waals surface area contributed by atoms with Gasteiger partial charge in [0, 0.05) is 12.6 Å². The first kappa shape index (κ1) is 15.8. The summed E-state index contributed by atoms with van der Waals surface area (Å²) in [6, 6.07) is 6.18. The fourth-order valence-electron chi connectivity index (χ4n) is 1.45. The van der Waals surface area contributed by atoms with Gasteiger partial charge in [0.25, 0.3) is 15.7 Å². The second-order valence-electron chi connectivity index (χ2n) is 3.93. The quantitative estimate of drug-likeness (QED) is 0.663. The van der Waals surface area contributed by atoms with Gasteiger partial charge in [-0.15, -0.1) is 11.3 Å². The monoisotopic (exact) mass is 350 g/mol. The molecule has 112 valence electrons. The van der Waals surface area contributed by atoms with Crippen LogP contribution in [0.3, 0.4) is 0 Å². The lowest BCUT2D eigenvalue weighted by Gasteiger charge is -2.04. The molecule has 0 spiro atoms. The molecule has 0 amide bonds. The van der Waals surface area contributed by atoms with Gasteiger partial charge >= 0.3 is 0 Å². The van der Waals surface area contributed by atoms with Gasteiger partial charge in [-0.2, -0.15) is 0 Å². The van der Waals surface area contributed by atoms with Crippen molar-refractivity contribution < 1.29 is 17.7 Å². The Morgan fingerprint density at radius 2 is 1.95 bits per heavy atom. The molecule has 0 radical (unpaired) electrons. The summed E-state index contributed by atoms with van der Waals surface area (Å²) in [7, 11) is -3.92. The molecule has 1 N–H and O–H groups in total. The van der Waals surface area contributed by atoms with Gasteiger partial charge in [-0.1, -0.05) is 23.7 Å². The highest BCUT2D eigenvalue weighted by atomic mass is 35.5. The Hall–Kier alpha value is -1.55. The number of benzene rings is 1. The van der Waals surface area contributed by atoms with Crippen molar-refractivity contribution in [1.29, 1.82) is 0 Å². The van der Waals surface area contributed by atoms with E-state index in [-0.39, 0.29) is 15.1 Å². The fraction of sp³-hybridized carbons (Fsp3) is 0.0909. The van der Waals surface area contributed by atoms with Crippen LogP contribution < -0.4 is 4.72 Å². The van der Waals surface area contributed by atoms with Crippen LogP contribution in [0.25, 0.3) is 0 Å². The topological polar surface area (TPSA) is 89.3 Å². The minimum absolute atomic E-state index is 0.0636. The van der Waals surface area contributed by atoms with Crippen molar-refractivity contribution >= 4 is 38.6 Å². The van der Waals surface area contributed by atoms with Crippen molar-refractivity contribution in [2.45, 2.75) is 10.8 Å². The maximum atomic E-state index is 12.7. The first-order chi connectivity index (χ1) is 9.79. The highest BCUT2D eigenvalue weighted by molar-refractivity contribution is 7.91. The Morgan fingerprint density at radius 1 is 1.33 bits per heavy atom. The summed E-state index contributed by atoms with van der Waals surface area (Å²) < 4.78 is 38.6. The predicted octanol–water partition coefficient (Wildman–Crippen LogP) is 2.93. The molecule has 0 aliphatic carbocycles. The lowest BCUT2D eigenvalue weighted by atomic mass is 10.2. The van der Waals surface area contributed by atoms with Crippen LogP contribution in [0.4, 0.5) is 10.1 Å². The summed E-state index contributed by atoms with van der Waals surface area (Å²) in [6.07, 6.45) is 0. The molecule has 1 heterocycles. The molecule has 0 fully saturated rings. The normalized spacial score (nSPS) is 11.5. The maximum absolute atomic E-state index is 12.7. The number of hydrogen-bond donors (Lipinski definition) is 1. The van der Waals surface area contributed by atoms with Crippen LogP contribution >= 0.6 is 22.9 Å². The highest BCUT2D eigenvalue weighted by Crippen LogP contribution is 2.36. The molecule has 0 aliphatic rings. The standard InChI is InChI=1S/C11H8ClFN2O4S2/c12-11-9(15(16)17)5-10(20-11)21(18,19)14-6-7-1-3-8(13)4-2-7/h1-5,14H,6H2. The predicted molar refractivity (Wildman–Crippen MR) is 76.4 cm³/mol. The Kier molecular flexibility index (Phi) is 4.57. The van der Waals surface area contributed by atoms with Gasteiger partial charge in [-0.25, -0.2) is 17.5 Å². The number of sulfonamides is 1. The average molecular weight is 351 g/mol. The summed E-state index contributed by atoms with van der Waals surface area (Å²) in [5.41, 5.74) is 0.0981. The molecule has 0 aliphatic heterocycles. The van der Waals surface area contributed by atoms with E-state index in [1.807, 2.05) is 0 Å². The number of thiophene rings is 1. The minimum Gasteiger partial charge on any atom is -0.258 e. The van der Waals surface area contributed by atoms with Crippen molar-refractivity contribution in [3.8, 4) is 0 Å². The molecule has 0 bridgehead atoms. The largest absolute Gasteiger partial charge is 0.300 e. The van der Waals surface area contributed by atoms with Gasteiger partial charge in [0.2, 0.25) is 0 Å². The SMILES string of the molecule is O=[N+]([O-])c1cc(S(=O)(=O)NCc2ccc(F)cc2)sc1Cl. The summed E-state index contributed by atoms with van der Waals surface area (Å²) >= 11 is 6.22. The number of nitrogens with one attached hydrogen (secondary N) is 1. The van der Waals surface area contributed by atoms with Crippen LogP contribution in [0.15, 0.2) is 34.5 Å². The molecule has 2 rings (SSSR count). The Bertz CT molecular complexity index is 774. The molecule has 2 aromatic rings. The molecule has 1 aromatic heterocycles. The second kappa shape index (κ2) is 6.06. The molecule has 1 aromatic carbocycles. The Labute approximate surface area is 128 Å². The molecule has 0 atom stereocenters. The zero-order chi connectivity index (χ0) is 15.6. The van der Waals surface area contributed by atoms with Crippen LogP contribution in [-0.4, -0.2) is 13.3 Å². The third-order valence-corrected chi connectivity index (χ3v) is 5.70. The number of halogens is 2. The number of nitrogens with zero attached hydrogens (tertiary/aromatic N) is 1. The minimum atomic E-state index is -3.92. The molecular formula is C11H8ClFN2O4S2. The lowest BCUT2D eigenvalue weighted by molar-refractivity contribution is -0.384. The van der Waals surface area contributed by atoms with Gasteiger partial charge in [-0.05, 0) is 17.7 Å². The summed E-state index contributed by atoms with van der Waals surface area (Å²) in [5, 5.41) is 10.7. The van der Waals surface area contributed by atoms with E-state index in [0.717, 1.165) is 6.07 Å². The zero-order valence-electron chi connectivity index (χ0n) is 10.2. The summed E-state index contributed by atoms with van der Waals surface area (Å²) in [6.45, 7) is -0.0636. The molecule has 0 saturated heterocycles. The number of rotatable bonds is 5. The van der Waals surface area contributed by atoms with E-state index in [2.05, 4.69) is 4.72 Å². The molecule has 6 nitrogen and oxygen atoms in total. The number of nitro groups is 1. The summed E-state index contributed by atoms with van der Waals surface area (Å²) in [4.78, 5) is 9.90. The van der Waals surface area contributed by atoms with Crippen molar-refractivity contribution in [3.63, 3.8) is 0 Å². The van der Waals surface area contributed by atoms with E-state index in [0.29, 0.717) is 16.9 Å². The van der Waals surface area contributed by atoms with Crippen LogP contribution in [0.1, 0.15) is 5.56 Å². The van der Waals surface area contributed by atoms with E-state index >= 15 is 0 Å². The number of hydrogen-bond acceptors (Lipinski definition) is 5. The Balaban J connectivity index is 2.17. The molecule has 10 heteroatoms. The molecular weight excluding hydrogens is 343 g/mol. The second-order valence-corrected chi connectivity index (χ2v) is 7.58. The fourth-order valence-corrected chi connectivity index (χ4v) is 4.17. The van der Waals surface area contributed by atoms with E-state index < -0.39 is 26.5 Å². The van der Waals surface area contributed by atoms with Gasteiger partial charge < -0.3 is 0 Å². The molecule has 0 saturated carbocycles. The Morgan fingerprint density at radius 3 is 2.48 bits per heavy atom. The third-order valence-electron chi connectivity index (χ3n) is 2.49. The van der Waals surface area contributed by atoms with E-state index in [9.17, 15) is 22.9 Å². The van der Waals surface area contributed by atoms with Gasteiger partial charge in [-0.3, -0.25) is 10.1 Å². The van der Waals surface area contributed by atoms with Crippen LogP contribution in [0.2, 0.25) is 4.34 Å². The maximum Gasteiger partial charge on any atom is 0.300 e. The van der Waals surface area contributed by atoms with Gasteiger partial charge in [0.15, 0.2) is 4.34 Å². The highest BCUT2D eigenvalue weighted by Gasteiger charge is 2.24. The van der Waals surface area contributed by atoms with E-state index in [4.69, 9.17) is 11.6 Å². The van der Waals surface area contributed by atoms with Crippen molar-refractivity contribution in [2.24, 2.45) is 0 Å². The summed E-state index contributed by atoms with van der Waals surface area (Å²) in [5.74, 6) is -0.428. The average Bonchev–Trinajstić information content (AvgIpc) is 2.81. The molecule has 21 heavy (non-hydrogen) atoms. The van der Waals surface area contributed by atoms with Crippen molar-refractivity contribution in [2.75, 3.05) is 0 Å². The van der Waals surface area contributed by atoms with Crippen LogP contribution in [0.5, 0.6) is 0 Å². The van der Waals surface area contributed by atoms with Crippen molar-refractivity contribution in [1.82, 2.24) is 4.72 Å². The van der Waals surface area contributed by atoms with E-state index in [1.54, 1.807) is 0 Å². The zero-order valence-corrected chi connectivity index (χ0v) is 12.6. The molecule has 0 unspecified atom stereocenters. The first-order valence-corrected chi connectivity index (χ1v) is 8.15. The van der Waals surface area contributed by atoms with Gasteiger partial charge in [0.1, 0.15) is 10.0 Å². The lowest BCUT2D eigenvalue weighted by Crippen LogP contribution is -2.22. The van der Waals surface area contributed by atoms with E-state index in [1.165, 1.54) is 24.3 Å². The van der Waals surface area contributed by atoms with Crippen LogP contribution in [-0.2, 0) is 16.6 Å². The van der Waals surface area contributed by atoms with Gasteiger partial charge in [0.05, 0.1) is 4.92 Å². The van der Waals surface area contributed by atoms with Crippen molar-refractivity contribution in [3.05, 3.63) is 56.2 Å². The smallest absolute Gasteiger partial charge is 0.258 e. The third kappa shape index (κ3) is 3.76.